The van der Waals surface area contributed by atoms with Gasteiger partial charge in [0.2, 0.25) is 0 Å². The largest absolute Gasteiger partial charge is 0.497 e. The maximum atomic E-state index is 5.40. The molecule has 0 radical (unpaired) electrons. The summed E-state index contributed by atoms with van der Waals surface area (Å²) >= 11 is 0. The van der Waals surface area contributed by atoms with Crippen LogP contribution in [-0.4, -0.2) is 21.9 Å². The molecule has 2 aromatic carbocycles. The molecule has 0 aliphatic heterocycles. The van der Waals surface area contributed by atoms with E-state index in [4.69, 9.17) is 4.74 Å². The first-order valence-corrected chi connectivity index (χ1v) is 9.02. The molecule has 4 nitrogen and oxygen atoms in total. The zero-order valence-electron chi connectivity index (χ0n) is 16.4. The lowest BCUT2D eigenvalue weighted by atomic mass is 9.86. The van der Waals surface area contributed by atoms with E-state index in [2.05, 4.69) is 79.7 Å². The molecule has 0 atom stereocenters. The number of nitrogens with zero attached hydrogens (tertiary/aromatic N) is 3. The normalized spacial score (nSPS) is 11.8. The van der Waals surface area contributed by atoms with Gasteiger partial charge in [0, 0.05) is 17.5 Å². The minimum atomic E-state index is 0.127. The highest BCUT2D eigenvalue weighted by atomic mass is 16.5. The molecule has 1 heterocycles. The Morgan fingerprint density at radius 1 is 0.962 bits per heavy atom. The van der Waals surface area contributed by atoms with E-state index in [9.17, 15) is 0 Å². The molecule has 3 rings (SSSR count). The fourth-order valence-electron chi connectivity index (χ4n) is 2.98. The second-order valence-electron chi connectivity index (χ2n) is 7.90. The average molecular weight is 349 g/mol. The Hall–Kier alpha value is -2.62. The molecule has 0 unspecified atom stereocenters. The summed E-state index contributed by atoms with van der Waals surface area (Å²) in [5.74, 6) is 2.87. The molecule has 26 heavy (non-hydrogen) atoms. The Labute approximate surface area is 155 Å². The van der Waals surface area contributed by atoms with E-state index in [1.807, 2.05) is 18.2 Å². The van der Waals surface area contributed by atoms with Gasteiger partial charge in [-0.1, -0.05) is 65.0 Å². The summed E-state index contributed by atoms with van der Waals surface area (Å²) in [7, 11) is 1.68. The van der Waals surface area contributed by atoms with Crippen molar-refractivity contribution in [1.29, 1.82) is 0 Å². The van der Waals surface area contributed by atoms with Crippen molar-refractivity contribution < 1.29 is 4.74 Å². The fraction of sp³-hybridized carbons (Fsp3) is 0.364. The van der Waals surface area contributed by atoms with Gasteiger partial charge in [-0.3, -0.25) is 4.57 Å². The summed E-state index contributed by atoms with van der Waals surface area (Å²) in [5, 5.41) is 8.97. The van der Waals surface area contributed by atoms with Crippen molar-refractivity contribution in [1.82, 2.24) is 14.8 Å². The highest BCUT2D eigenvalue weighted by Crippen LogP contribution is 2.30. The molecule has 1 aromatic heterocycles. The van der Waals surface area contributed by atoms with Crippen LogP contribution in [-0.2, 0) is 5.41 Å². The number of methoxy groups -OCH3 is 1. The first-order chi connectivity index (χ1) is 12.3. The van der Waals surface area contributed by atoms with Gasteiger partial charge < -0.3 is 4.74 Å². The molecule has 0 saturated carbocycles. The molecule has 0 bridgehead atoms. The lowest BCUT2D eigenvalue weighted by Gasteiger charge is -2.19. The molecular formula is C22H27N3O. The van der Waals surface area contributed by atoms with Gasteiger partial charge in [0.05, 0.1) is 12.8 Å². The molecule has 3 aromatic rings. The molecule has 4 heteroatoms. The van der Waals surface area contributed by atoms with Gasteiger partial charge in [-0.2, -0.15) is 0 Å². The van der Waals surface area contributed by atoms with E-state index in [0.29, 0.717) is 0 Å². The van der Waals surface area contributed by atoms with E-state index >= 15 is 0 Å². The number of benzene rings is 2. The van der Waals surface area contributed by atoms with Crippen molar-refractivity contribution in [3.8, 4) is 22.8 Å². The number of ether oxygens (including phenoxy) is 1. The summed E-state index contributed by atoms with van der Waals surface area (Å²) in [6.07, 6.45) is 0. The lowest BCUT2D eigenvalue weighted by molar-refractivity contribution is 0.414. The van der Waals surface area contributed by atoms with Crippen molar-refractivity contribution in [2.24, 2.45) is 0 Å². The van der Waals surface area contributed by atoms with Crippen LogP contribution in [0.15, 0.2) is 48.5 Å². The lowest BCUT2D eigenvalue weighted by Crippen LogP contribution is -2.10. The summed E-state index contributed by atoms with van der Waals surface area (Å²) < 4.78 is 7.52. The second-order valence-corrected chi connectivity index (χ2v) is 7.90. The first kappa shape index (κ1) is 18.2. The van der Waals surface area contributed by atoms with Gasteiger partial charge in [0.25, 0.3) is 0 Å². The standard InChI is InChI=1S/C22H27N3O/c1-15(2)20-23-24-21(16-10-12-17(13-11-16)22(3,4)5)25(20)18-8-7-9-19(14-18)26-6/h7-15H,1-6H3. The zero-order valence-corrected chi connectivity index (χ0v) is 16.4. The Balaban J connectivity index is 2.14. The van der Waals surface area contributed by atoms with E-state index in [0.717, 1.165) is 28.6 Å². The Morgan fingerprint density at radius 3 is 2.23 bits per heavy atom. The molecule has 0 fully saturated rings. The maximum absolute atomic E-state index is 5.40. The van der Waals surface area contributed by atoms with Crippen LogP contribution in [0.1, 0.15) is 51.9 Å². The molecule has 0 aliphatic rings. The van der Waals surface area contributed by atoms with Crippen LogP contribution < -0.4 is 4.74 Å². The summed E-state index contributed by atoms with van der Waals surface area (Å²) in [6, 6.07) is 16.6. The molecule has 0 amide bonds. The molecule has 0 aliphatic carbocycles. The minimum Gasteiger partial charge on any atom is -0.497 e. The van der Waals surface area contributed by atoms with Crippen LogP contribution in [0, 0.1) is 0 Å². The van der Waals surface area contributed by atoms with Gasteiger partial charge in [-0.25, -0.2) is 0 Å². The van der Waals surface area contributed by atoms with Crippen LogP contribution in [0.4, 0.5) is 0 Å². The third-order valence-electron chi connectivity index (χ3n) is 4.53. The number of rotatable bonds is 4. The number of hydrogen-bond donors (Lipinski definition) is 0. The quantitative estimate of drug-likeness (QED) is 0.636. The predicted octanol–water partition coefficient (Wildman–Crippen LogP) is 5.36. The predicted molar refractivity (Wildman–Crippen MR) is 106 cm³/mol. The van der Waals surface area contributed by atoms with Gasteiger partial charge in [0.1, 0.15) is 11.6 Å². The average Bonchev–Trinajstić information content (AvgIpc) is 3.06. The Bertz CT molecular complexity index is 886. The highest BCUT2D eigenvalue weighted by molar-refractivity contribution is 5.60. The van der Waals surface area contributed by atoms with E-state index in [1.165, 1.54) is 5.56 Å². The van der Waals surface area contributed by atoms with Gasteiger partial charge >= 0.3 is 0 Å². The topological polar surface area (TPSA) is 39.9 Å². The first-order valence-electron chi connectivity index (χ1n) is 9.02. The van der Waals surface area contributed by atoms with Crippen LogP contribution in [0.5, 0.6) is 5.75 Å². The maximum Gasteiger partial charge on any atom is 0.168 e. The van der Waals surface area contributed by atoms with Crippen molar-refractivity contribution in [3.05, 3.63) is 59.9 Å². The fourth-order valence-corrected chi connectivity index (χ4v) is 2.98. The third-order valence-corrected chi connectivity index (χ3v) is 4.53. The summed E-state index contributed by atoms with van der Waals surface area (Å²) in [4.78, 5) is 0. The molecule has 0 N–H and O–H groups in total. The zero-order chi connectivity index (χ0) is 18.9. The van der Waals surface area contributed by atoms with Gasteiger partial charge in [-0.15, -0.1) is 10.2 Å². The van der Waals surface area contributed by atoms with Crippen molar-refractivity contribution in [2.75, 3.05) is 7.11 Å². The van der Waals surface area contributed by atoms with Crippen LogP contribution in [0.3, 0.4) is 0 Å². The van der Waals surface area contributed by atoms with Crippen LogP contribution in [0.2, 0.25) is 0 Å². The SMILES string of the molecule is COc1cccc(-n2c(-c3ccc(C(C)(C)C)cc3)nnc2C(C)C)c1. The van der Waals surface area contributed by atoms with Crippen molar-refractivity contribution in [2.45, 2.75) is 46.0 Å². The van der Waals surface area contributed by atoms with Crippen LogP contribution in [0.25, 0.3) is 17.1 Å². The van der Waals surface area contributed by atoms with E-state index in [-0.39, 0.29) is 11.3 Å². The monoisotopic (exact) mass is 349 g/mol. The number of hydrogen-bond acceptors (Lipinski definition) is 3. The number of aromatic nitrogens is 3. The summed E-state index contributed by atoms with van der Waals surface area (Å²) in [5.41, 5.74) is 3.49. The molecule has 0 saturated heterocycles. The van der Waals surface area contributed by atoms with Gasteiger partial charge in [0.15, 0.2) is 5.82 Å². The van der Waals surface area contributed by atoms with Gasteiger partial charge in [-0.05, 0) is 23.1 Å². The highest BCUT2D eigenvalue weighted by Gasteiger charge is 2.19. The second kappa shape index (κ2) is 6.94. The Morgan fingerprint density at radius 2 is 1.65 bits per heavy atom. The van der Waals surface area contributed by atoms with E-state index in [1.54, 1.807) is 7.11 Å². The molecule has 0 spiro atoms. The molecular weight excluding hydrogens is 322 g/mol. The van der Waals surface area contributed by atoms with Crippen molar-refractivity contribution in [3.63, 3.8) is 0 Å². The minimum absolute atomic E-state index is 0.127. The third kappa shape index (κ3) is 3.50. The smallest absolute Gasteiger partial charge is 0.168 e. The van der Waals surface area contributed by atoms with E-state index < -0.39 is 0 Å². The molecule has 136 valence electrons. The van der Waals surface area contributed by atoms with Crippen molar-refractivity contribution >= 4 is 0 Å². The Kier molecular flexibility index (Phi) is 4.86. The summed E-state index contributed by atoms with van der Waals surface area (Å²) in [6.45, 7) is 10.9. The van der Waals surface area contributed by atoms with Crippen LogP contribution >= 0.6 is 0 Å².